The zero-order chi connectivity index (χ0) is 15.4. The number of thiophene rings is 1. The SMILES string of the molecule is Cc1cccc([C@H](C(=O)N(C)Cc2ccsc2)N(C)C)c1. The number of hydrogen-bond donors (Lipinski definition) is 0. The number of benzene rings is 1. The van der Waals surface area contributed by atoms with Crippen molar-refractivity contribution in [3.05, 3.63) is 57.8 Å². The van der Waals surface area contributed by atoms with Gasteiger partial charge in [0.25, 0.3) is 0 Å². The highest BCUT2D eigenvalue weighted by Crippen LogP contribution is 2.22. The van der Waals surface area contributed by atoms with Crippen LogP contribution in [0.1, 0.15) is 22.7 Å². The van der Waals surface area contributed by atoms with E-state index in [0.717, 1.165) is 5.56 Å². The molecular weight excluding hydrogens is 280 g/mol. The highest BCUT2D eigenvalue weighted by molar-refractivity contribution is 7.07. The van der Waals surface area contributed by atoms with E-state index in [9.17, 15) is 4.79 Å². The van der Waals surface area contributed by atoms with E-state index in [4.69, 9.17) is 0 Å². The summed E-state index contributed by atoms with van der Waals surface area (Å²) in [5.74, 6) is 0.122. The molecule has 112 valence electrons. The van der Waals surface area contributed by atoms with Gasteiger partial charge in [-0.15, -0.1) is 0 Å². The molecule has 3 nitrogen and oxygen atoms in total. The molecule has 0 saturated carbocycles. The van der Waals surface area contributed by atoms with Gasteiger partial charge < -0.3 is 4.90 Å². The van der Waals surface area contributed by atoms with Crippen molar-refractivity contribution >= 4 is 17.2 Å². The molecule has 0 radical (unpaired) electrons. The Balaban J connectivity index is 2.19. The highest BCUT2D eigenvalue weighted by Gasteiger charge is 2.26. The number of likely N-dealkylation sites (N-methyl/N-ethyl adjacent to an activating group) is 2. The number of carbonyl (C=O) groups is 1. The molecule has 0 saturated heterocycles. The molecule has 1 aromatic heterocycles. The number of rotatable bonds is 5. The molecule has 0 unspecified atom stereocenters. The third-order valence-corrected chi connectivity index (χ3v) is 4.22. The van der Waals surface area contributed by atoms with E-state index < -0.39 is 0 Å². The minimum atomic E-state index is -0.242. The summed E-state index contributed by atoms with van der Waals surface area (Å²) in [7, 11) is 5.76. The summed E-state index contributed by atoms with van der Waals surface area (Å²) in [6, 6.07) is 9.98. The molecule has 0 spiro atoms. The van der Waals surface area contributed by atoms with Gasteiger partial charge in [0.2, 0.25) is 5.91 Å². The van der Waals surface area contributed by atoms with E-state index in [1.54, 1.807) is 16.2 Å². The van der Waals surface area contributed by atoms with Crippen molar-refractivity contribution < 1.29 is 4.79 Å². The van der Waals surface area contributed by atoms with Gasteiger partial charge in [-0.3, -0.25) is 9.69 Å². The van der Waals surface area contributed by atoms with Crippen molar-refractivity contribution in [2.75, 3.05) is 21.1 Å². The van der Waals surface area contributed by atoms with Crippen LogP contribution >= 0.6 is 11.3 Å². The summed E-state index contributed by atoms with van der Waals surface area (Å²) in [6.45, 7) is 2.70. The summed E-state index contributed by atoms with van der Waals surface area (Å²) in [6.07, 6.45) is 0. The van der Waals surface area contributed by atoms with Crippen molar-refractivity contribution in [2.24, 2.45) is 0 Å². The van der Waals surface area contributed by atoms with Gasteiger partial charge in [0.05, 0.1) is 0 Å². The normalized spacial score (nSPS) is 12.4. The summed E-state index contributed by atoms with van der Waals surface area (Å²) >= 11 is 1.66. The first kappa shape index (κ1) is 15.7. The molecule has 1 heterocycles. The molecule has 0 bridgehead atoms. The molecule has 0 aliphatic carbocycles. The van der Waals surface area contributed by atoms with Crippen LogP contribution in [0.5, 0.6) is 0 Å². The monoisotopic (exact) mass is 302 g/mol. The predicted octanol–water partition coefficient (Wildman–Crippen LogP) is 3.32. The van der Waals surface area contributed by atoms with E-state index in [2.05, 4.69) is 30.5 Å². The maximum Gasteiger partial charge on any atom is 0.244 e. The molecule has 0 aliphatic rings. The van der Waals surface area contributed by atoms with Gasteiger partial charge in [0, 0.05) is 13.6 Å². The lowest BCUT2D eigenvalue weighted by Gasteiger charge is -2.28. The standard InChI is InChI=1S/C17H22N2OS/c1-13-6-5-7-15(10-13)16(18(2)3)17(20)19(4)11-14-8-9-21-12-14/h5-10,12,16H,11H2,1-4H3/t16-/m1/s1. The molecule has 1 aromatic carbocycles. The average molecular weight is 302 g/mol. The molecule has 0 N–H and O–H groups in total. The maximum atomic E-state index is 12.8. The van der Waals surface area contributed by atoms with Gasteiger partial charge in [-0.05, 0) is 49.0 Å². The van der Waals surface area contributed by atoms with Crippen LogP contribution in [0.25, 0.3) is 0 Å². The van der Waals surface area contributed by atoms with Crippen molar-refractivity contribution in [3.8, 4) is 0 Å². The first-order chi connectivity index (χ1) is 9.99. The second-order valence-corrected chi connectivity index (χ2v) is 6.39. The van der Waals surface area contributed by atoms with Crippen LogP contribution in [0.2, 0.25) is 0 Å². The fraction of sp³-hybridized carbons (Fsp3) is 0.353. The Morgan fingerprint density at radius 1 is 1.24 bits per heavy atom. The van der Waals surface area contributed by atoms with Gasteiger partial charge in [0.1, 0.15) is 6.04 Å². The zero-order valence-electron chi connectivity index (χ0n) is 13.0. The summed E-state index contributed by atoms with van der Waals surface area (Å²) < 4.78 is 0. The Labute approximate surface area is 130 Å². The van der Waals surface area contributed by atoms with Crippen LogP contribution in [0.3, 0.4) is 0 Å². The van der Waals surface area contributed by atoms with E-state index in [1.807, 2.05) is 43.6 Å². The first-order valence-electron chi connectivity index (χ1n) is 6.98. The third-order valence-electron chi connectivity index (χ3n) is 3.48. The lowest BCUT2D eigenvalue weighted by Crippen LogP contribution is -2.38. The van der Waals surface area contributed by atoms with Gasteiger partial charge in [-0.25, -0.2) is 0 Å². The van der Waals surface area contributed by atoms with Gasteiger partial charge >= 0.3 is 0 Å². The molecule has 2 aromatic rings. The van der Waals surface area contributed by atoms with Crippen molar-refractivity contribution in [2.45, 2.75) is 19.5 Å². The summed E-state index contributed by atoms with van der Waals surface area (Å²) in [5.41, 5.74) is 3.40. The molecular formula is C17H22N2OS. The Bertz CT molecular complexity index is 593. The van der Waals surface area contributed by atoms with E-state index >= 15 is 0 Å². The number of amides is 1. The fourth-order valence-corrected chi connectivity index (χ4v) is 3.10. The zero-order valence-corrected chi connectivity index (χ0v) is 13.9. The van der Waals surface area contributed by atoms with Crippen molar-refractivity contribution in [1.82, 2.24) is 9.80 Å². The minimum absolute atomic E-state index is 0.122. The lowest BCUT2D eigenvalue weighted by molar-refractivity contribution is -0.135. The van der Waals surface area contributed by atoms with Gasteiger partial charge in [-0.1, -0.05) is 29.8 Å². The second kappa shape index (κ2) is 6.87. The average Bonchev–Trinajstić information content (AvgIpc) is 2.91. The Morgan fingerprint density at radius 3 is 2.57 bits per heavy atom. The first-order valence-corrected chi connectivity index (χ1v) is 7.92. The molecule has 1 amide bonds. The van der Waals surface area contributed by atoms with Crippen LogP contribution < -0.4 is 0 Å². The Hall–Kier alpha value is -1.65. The molecule has 1 atom stereocenters. The van der Waals surface area contributed by atoms with Crippen LogP contribution in [-0.2, 0) is 11.3 Å². The molecule has 0 aliphatic heterocycles. The molecule has 2 rings (SSSR count). The predicted molar refractivity (Wildman–Crippen MR) is 88.4 cm³/mol. The third kappa shape index (κ3) is 3.93. The Kier molecular flexibility index (Phi) is 5.15. The number of carbonyl (C=O) groups excluding carboxylic acids is 1. The lowest BCUT2D eigenvalue weighted by atomic mass is 10.0. The summed E-state index contributed by atoms with van der Waals surface area (Å²) in [4.78, 5) is 16.6. The molecule has 21 heavy (non-hydrogen) atoms. The minimum Gasteiger partial charge on any atom is -0.340 e. The van der Waals surface area contributed by atoms with Gasteiger partial charge in [-0.2, -0.15) is 11.3 Å². The van der Waals surface area contributed by atoms with Crippen LogP contribution in [0.4, 0.5) is 0 Å². The highest BCUT2D eigenvalue weighted by atomic mass is 32.1. The largest absolute Gasteiger partial charge is 0.340 e. The molecule has 0 fully saturated rings. The Morgan fingerprint density at radius 2 is 2.00 bits per heavy atom. The molecule has 4 heteroatoms. The van der Waals surface area contributed by atoms with E-state index in [0.29, 0.717) is 6.54 Å². The second-order valence-electron chi connectivity index (χ2n) is 5.61. The van der Waals surface area contributed by atoms with Crippen LogP contribution in [0.15, 0.2) is 41.1 Å². The topological polar surface area (TPSA) is 23.6 Å². The van der Waals surface area contributed by atoms with Crippen LogP contribution in [0, 0.1) is 6.92 Å². The van der Waals surface area contributed by atoms with Crippen LogP contribution in [-0.4, -0.2) is 36.9 Å². The van der Waals surface area contributed by atoms with Gasteiger partial charge in [0.15, 0.2) is 0 Å². The number of nitrogens with zero attached hydrogens (tertiary/aromatic N) is 2. The maximum absolute atomic E-state index is 12.8. The van der Waals surface area contributed by atoms with E-state index in [1.165, 1.54) is 11.1 Å². The van der Waals surface area contributed by atoms with Crippen molar-refractivity contribution in [1.29, 1.82) is 0 Å². The number of aryl methyl sites for hydroxylation is 1. The smallest absolute Gasteiger partial charge is 0.244 e. The fourth-order valence-electron chi connectivity index (χ4n) is 2.44. The quantitative estimate of drug-likeness (QED) is 0.846. The van der Waals surface area contributed by atoms with Crippen molar-refractivity contribution in [3.63, 3.8) is 0 Å². The van der Waals surface area contributed by atoms with E-state index in [-0.39, 0.29) is 11.9 Å². The number of hydrogen-bond acceptors (Lipinski definition) is 3. The summed E-state index contributed by atoms with van der Waals surface area (Å²) in [5, 5.41) is 4.12.